The second-order valence-corrected chi connectivity index (χ2v) is 5.22. The Morgan fingerprint density at radius 1 is 1.04 bits per heavy atom. The number of hydrogen-bond donors (Lipinski definition) is 2. The Labute approximate surface area is 144 Å². The first-order chi connectivity index (χ1) is 12.2. The van der Waals surface area contributed by atoms with Gasteiger partial charge in [0.1, 0.15) is 17.3 Å². The van der Waals surface area contributed by atoms with E-state index >= 15 is 0 Å². The van der Waals surface area contributed by atoms with Gasteiger partial charge >= 0.3 is 0 Å². The third-order valence-electron chi connectivity index (χ3n) is 3.49. The lowest BCUT2D eigenvalue weighted by atomic mass is 10.2. The molecule has 0 aliphatic heterocycles. The van der Waals surface area contributed by atoms with Gasteiger partial charge in [-0.25, -0.2) is 4.39 Å². The molecule has 1 amide bonds. The van der Waals surface area contributed by atoms with E-state index in [0.29, 0.717) is 22.8 Å². The molecule has 25 heavy (non-hydrogen) atoms. The zero-order chi connectivity index (χ0) is 17.6. The van der Waals surface area contributed by atoms with Crippen molar-refractivity contribution in [2.24, 2.45) is 0 Å². The van der Waals surface area contributed by atoms with Crippen LogP contribution in [0.1, 0.15) is 10.5 Å². The number of carbonyl (C=O) groups excluding carboxylic acids is 1. The Kier molecular flexibility index (Phi) is 4.89. The average Bonchev–Trinajstić information content (AvgIpc) is 2.64. The molecule has 3 aromatic rings. The molecule has 0 atom stereocenters. The number of para-hydroxylation sites is 1. The lowest BCUT2D eigenvalue weighted by Crippen LogP contribution is -2.13. The Hall–Kier alpha value is -3.41. The minimum absolute atomic E-state index is 0.220. The molecule has 0 aliphatic carbocycles. The van der Waals surface area contributed by atoms with Gasteiger partial charge in [-0.2, -0.15) is 0 Å². The van der Waals surface area contributed by atoms with Gasteiger partial charge < -0.3 is 15.4 Å². The lowest BCUT2D eigenvalue weighted by Gasteiger charge is -2.09. The number of pyridine rings is 1. The molecular weight excluding hydrogens is 321 g/mol. The van der Waals surface area contributed by atoms with Crippen molar-refractivity contribution in [1.82, 2.24) is 4.98 Å². The van der Waals surface area contributed by atoms with Crippen molar-refractivity contribution in [2.75, 3.05) is 17.7 Å². The smallest absolute Gasteiger partial charge is 0.274 e. The molecule has 0 saturated heterocycles. The zero-order valence-corrected chi connectivity index (χ0v) is 13.5. The van der Waals surface area contributed by atoms with Crippen LogP contribution in [-0.4, -0.2) is 18.0 Å². The van der Waals surface area contributed by atoms with Crippen LogP contribution in [0.3, 0.4) is 0 Å². The summed E-state index contributed by atoms with van der Waals surface area (Å²) < 4.78 is 18.8. The van der Waals surface area contributed by atoms with E-state index in [2.05, 4.69) is 15.6 Å². The number of anilines is 3. The Bertz CT molecular complexity index is 882. The average molecular weight is 337 g/mol. The van der Waals surface area contributed by atoms with Crippen LogP contribution in [-0.2, 0) is 0 Å². The highest BCUT2D eigenvalue weighted by Crippen LogP contribution is 2.20. The molecule has 3 rings (SSSR count). The molecule has 1 heterocycles. The largest absolute Gasteiger partial charge is 0.497 e. The standard InChI is InChI=1S/C19H16FN3O2/c1-25-15-8-6-13(7-9-15)23-19(24)18-12-14(10-11-21-18)22-17-5-3-2-4-16(17)20/h2-12H,1H3,(H,21,22)(H,23,24). The molecule has 2 N–H and O–H groups in total. The van der Waals surface area contributed by atoms with Gasteiger partial charge in [0, 0.05) is 17.6 Å². The second-order valence-electron chi connectivity index (χ2n) is 5.22. The zero-order valence-electron chi connectivity index (χ0n) is 13.5. The van der Waals surface area contributed by atoms with Crippen LogP contribution in [0.2, 0.25) is 0 Å². The highest BCUT2D eigenvalue weighted by atomic mass is 19.1. The van der Waals surface area contributed by atoms with Crippen LogP contribution < -0.4 is 15.4 Å². The minimum Gasteiger partial charge on any atom is -0.497 e. The molecule has 0 radical (unpaired) electrons. The number of rotatable bonds is 5. The minimum atomic E-state index is -0.372. The number of hydrogen-bond acceptors (Lipinski definition) is 4. The highest BCUT2D eigenvalue weighted by molar-refractivity contribution is 6.03. The normalized spacial score (nSPS) is 10.2. The maximum absolute atomic E-state index is 13.7. The summed E-state index contributed by atoms with van der Waals surface area (Å²) in [5.74, 6) is -0.0295. The van der Waals surface area contributed by atoms with Gasteiger partial charge in [0.15, 0.2) is 0 Å². The van der Waals surface area contributed by atoms with Gasteiger partial charge in [0.2, 0.25) is 0 Å². The summed E-state index contributed by atoms with van der Waals surface area (Å²) in [6, 6.07) is 16.5. The number of halogens is 1. The number of carbonyl (C=O) groups is 1. The topological polar surface area (TPSA) is 63.2 Å². The third kappa shape index (κ3) is 4.11. The van der Waals surface area contributed by atoms with E-state index in [1.165, 1.54) is 12.3 Å². The van der Waals surface area contributed by atoms with Gasteiger partial charge in [-0.15, -0.1) is 0 Å². The summed E-state index contributed by atoms with van der Waals surface area (Å²) in [4.78, 5) is 16.4. The van der Waals surface area contributed by atoms with E-state index in [0.717, 1.165) is 0 Å². The van der Waals surface area contributed by atoms with Crippen molar-refractivity contribution < 1.29 is 13.9 Å². The van der Waals surface area contributed by atoms with Gasteiger partial charge in [0.05, 0.1) is 12.8 Å². The van der Waals surface area contributed by atoms with Crippen LogP contribution in [0.4, 0.5) is 21.5 Å². The van der Waals surface area contributed by atoms with Crippen molar-refractivity contribution in [3.63, 3.8) is 0 Å². The molecule has 1 aromatic heterocycles. The van der Waals surface area contributed by atoms with Gasteiger partial charge in [-0.3, -0.25) is 9.78 Å². The number of aromatic nitrogens is 1. The van der Waals surface area contributed by atoms with E-state index in [1.54, 1.807) is 61.7 Å². The van der Waals surface area contributed by atoms with Crippen LogP contribution in [0.25, 0.3) is 0 Å². The van der Waals surface area contributed by atoms with Crippen molar-refractivity contribution in [1.29, 1.82) is 0 Å². The number of methoxy groups -OCH3 is 1. The maximum atomic E-state index is 13.7. The summed E-state index contributed by atoms with van der Waals surface area (Å²) in [6.07, 6.45) is 1.49. The van der Waals surface area contributed by atoms with Crippen LogP contribution in [0.15, 0.2) is 66.9 Å². The van der Waals surface area contributed by atoms with E-state index in [1.807, 2.05) is 0 Å². The van der Waals surface area contributed by atoms with Crippen molar-refractivity contribution in [3.8, 4) is 5.75 Å². The fourth-order valence-corrected chi connectivity index (χ4v) is 2.22. The van der Waals surface area contributed by atoms with E-state index in [4.69, 9.17) is 4.74 Å². The molecule has 126 valence electrons. The van der Waals surface area contributed by atoms with Crippen molar-refractivity contribution >= 4 is 23.0 Å². The monoisotopic (exact) mass is 337 g/mol. The van der Waals surface area contributed by atoms with E-state index in [-0.39, 0.29) is 17.4 Å². The maximum Gasteiger partial charge on any atom is 0.274 e. The predicted molar refractivity (Wildman–Crippen MR) is 94.9 cm³/mol. The molecular formula is C19H16FN3O2. The fourth-order valence-electron chi connectivity index (χ4n) is 2.22. The molecule has 0 bridgehead atoms. The Morgan fingerprint density at radius 3 is 2.52 bits per heavy atom. The third-order valence-corrected chi connectivity index (χ3v) is 3.49. The first kappa shape index (κ1) is 16.4. The molecule has 0 fully saturated rings. The first-order valence-corrected chi connectivity index (χ1v) is 7.59. The van der Waals surface area contributed by atoms with Crippen molar-refractivity contribution in [3.05, 3.63) is 78.4 Å². The van der Waals surface area contributed by atoms with E-state index < -0.39 is 0 Å². The molecule has 0 saturated carbocycles. The summed E-state index contributed by atoms with van der Waals surface area (Å²) in [6.45, 7) is 0. The van der Waals surface area contributed by atoms with Gasteiger partial charge in [-0.05, 0) is 48.5 Å². The predicted octanol–water partition coefficient (Wildman–Crippen LogP) is 4.23. The molecule has 0 spiro atoms. The first-order valence-electron chi connectivity index (χ1n) is 7.59. The molecule has 2 aromatic carbocycles. The summed E-state index contributed by atoms with van der Waals surface area (Å²) in [5.41, 5.74) is 1.74. The number of amides is 1. The molecule has 5 nitrogen and oxygen atoms in total. The quantitative estimate of drug-likeness (QED) is 0.731. The number of benzene rings is 2. The summed E-state index contributed by atoms with van der Waals surface area (Å²) in [7, 11) is 1.57. The van der Waals surface area contributed by atoms with Crippen LogP contribution in [0, 0.1) is 5.82 Å². The van der Waals surface area contributed by atoms with E-state index in [9.17, 15) is 9.18 Å². The Balaban J connectivity index is 1.74. The lowest BCUT2D eigenvalue weighted by molar-refractivity contribution is 0.102. The summed E-state index contributed by atoms with van der Waals surface area (Å²) in [5, 5.41) is 5.69. The van der Waals surface area contributed by atoms with Crippen molar-refractivity contribution in [2.45, 2.75) is 0 Å². The second kappa shape index (κ2) is 7.44. The number of nitrogens with zero attached hydrogens (tertiary/aromatic N) is 1. The molecule has 0 aliphatic rings. The summed E-state index contributed by atoms with van der Waals surface area (Å²) >= 11 is 0. The SMILES string of the molecule is COc1ccc(NC(=O)c2cc(Nc3ccccc3F)ccn2)cc1. The molecule has 6 heteroatoms. The highest BCUT2D eigenvalue weighted by Gasteiger charge is 2.09. The van der Waals surface area contributed by atoms with Gasteiger partial charge in [0.25, 0.3) is 5.91 Å². The Morgan fingerprint density at radius 2 is 1.80 bits per heavy atom. The fraction of sp³-hybridized carbons (Fsp3) is 0.0526. The molecule has 0 unspecified atom stereocenters. The van der Waals surface area contributed by atoms with Gasteiger partial charge in [-0.1, -0.05) is 12.1 Å². The van der Waals surface area contributed by atoms with Crippen LogP contribution in [0.5, 0.6) is 5.75 Å². The number of ether oxygens (including phenoxy) is 1. The number of nitrogens with one attached hydrogen (secondary N) is 2. The van der Waals surface area contributed by atoms with Crippen LogP contribution >= 0.6 is 0 Å².